The Morgan fingerprint density at radius 3 is 2.56 bits per heavy atom. The third-order valence-corrected chi connectivity index (χ3v) is 3.11. The Labute approximate surface area is 116 Å². The number of hydrogen-bond donors (Lipinski definition) is 1. The summed E-state index contributed by atoms with van der Waals surface area (Å²) in [7, 11) is 0. The third kappa shape index (κ3) is 3.09. The molecule has 0 aliphatic rings. The van der Waals surface area contributed by atoms with Crippen molar-refractivity contribution in [3.05, 3.63) is 58.1 Å². The van der Waals surface area contributed by atoms with E-state index in [9.17, 15) is 0 Å². The van der Waals surface area contributed by atoms with Crippen molar-refractivity contribution in [1.29, 1.82) is 0 Å². The summed E-state index contributed by atoms with van der Waals surface area (Å²) in [5.41, 5.74) is 7.45. The van der Waals surface area contributed by atoms with E-state index in [1.165, 1.54) is 0 Å². The summed E-state index contributed by atoms with van der Waals surface area (Å²) in [5.74, 6) is 0.607. The number of halogens is 2. The van der Waals surface area contributed by atoms with Crippen LogP contribution < -0.4 is 10.5 Å². The minimum Gasteiger partial charge on any atom is -0.484 e. The van der Waals surface area contributed by atoms with E-state index in [1.54, 1.807) is 18.2 Å². The van der Waals surface area contributed by atoms with Crippen molar-refractivity contribution in [1.82, 2.24) is 0 Å². The molecule has 2 N–H and O–H groups in total. The smallest absolute Gasteiger partial charge is 0.138 e. The monoisotopic (exact) mass is 281 g/mol. The summed E-state index contributed by atoms with van der Waals surface area (Å²) < 4.78 is 5.80. The SMILES string of the molecule is CC(Oc1ccc(Cl)cc1Cl)c1cccc(N)c1. The molecule has 2 aromatic rings. The highest BCUT2D eigenvalue weighted by atomic mass is 35.5. The molecule has 0 spiro atoms. The van der Waals surface area contributed by atoms with Gasteiger partial charge < -0.3 is 10.5 Å². The van der Waals surface area contributed by atoms with Gasteiger partial charge in [0.1, 0.15) is 11.9 Å². The van der Waals surface area contributed by atoms with Crippen LogP contribution in [0.5, 0.6) is 5.75 Å². The van der Waals surface area contributed by atoms with E-state index in [2.05, 4.69) is 0 Å². The van der Waals surface area contributed by atoms with Gasteiger partial charge in [-0.25, -0.2) is 0 Å². The zero-order valence-electron chi connectivity index (χ0n) is 9.86. The largest absolute Gasteiger partial charge is 0.484 e. The van der Waals surface area contributed by atoms with Crippen molar-refractivity contribution < 1.29 is 4.74 Å². The highest BCUT2D eigenvalue weighted by Crippen LogP contribution is 2.31. The van der Waals surface area contributed by atoms with Crippen LogP contribution in [0.4, 0.5) is 5.69 Å². The van der Waals surface area contributed by atoms with Crippen LogP contribution in [0.1, 0.15) is 18.6 Å². The first-order chi connectivity index (χ1) is 8.56. The van der Waals surface area contributed by atoms with Crippen LogP contribution in [0, 0.1) is 0 Å². The molecule has 2 nitrogen and oxygen atoms in total. The number of nitrogen functional groups attached to an aromatic ring is 1. The van der Waals surface area contributed by atoms with Gasteiger partial charge in [0, 0.05) is 10.7 Å². The quantitative estimate of drug-likeness (QED) is 0.827. The summed E-state index contributed by atoms with van der Waals surface area (Å²) in [6, 6.07) is 12.7. The molecule has 2 aromatic carbocycles. The summed E-state index contributed by atoms with van der Waals surface area (Å²) in [6.45, 7) is 1.94. The molecule has 0 radical (unpaired) electrons. The summed E-state index contributed by atoms with van der Waals surface area (Å²) in [4.78, 5) is 0. The molecule has 0 saturated carbocycles. The zero-order chi connectivity index (χ0) is 13.1. The normalized spacial score (nSPS) is 12.2. The lowest BCUT2D eigenvalue weighted by atomic mass is 10.1. The lowest BCUT2D eigenvalue weighted by Gasteiger charge is -2.16. The van der Waals surface area contributed by atoms with Crippen molar-refractivity contribution in [3.8, 4) is 5.75 Å². The van der Waals surface area contributed by atoms with Gasteiger partial charge in [0.15, 0.2) is 0 Å². The van der Waals surface area contributed by atoms with Crippen LogP contribution in [-0.2, 0) is 0 Å². The molecule has 1 unspecified atom stereocenters. The highest BCUT2D eigenvalue weighted by Gasteiger charge is 2.10. The second-order valence-corrected chi connectivity index (χ2v) is 4.85. The van der Waals surface area contributed by atoms with E-state index in [0.717, 1.165) is 5.56 Å². The van der Waals surface area contributed by atoms with Crippen LogP contribution in [0.3, 0.4) is 0 Å². The third-order valence-electron chi connectivity index (χ3n) is 2.58. The van der Waals surface area contributed by atoms with Crippen LogP contribution in [0.2, 0.25) is 10.0 Å². The molecule has 0 aromatic heterocycles. The van der Waals surface area contributed by atoms with Crippen molar-refractivity contribution in [2.45, 2.75) is 13.0 Å². The molecule has 1 atom stereocenters. The molecule has 2 rings (SSSR count). The zero-order valence-corrected chi connectivity index (χ0v) is 11.4. The second kappa shape index (κ2) is 5.51. The molecule has 0 fully saturated rings. The van der Waals surface area contributed by atoms with Crippen LogP contribution in [0.25, 0.3) is 0 Å². The first-order valence-corrected chi connectivity index (χ1v) is 6.29. The van der Waals surface area contributed by atoms with Gasteiger partial charge in [-0.15, -0.1) is 0 Å². The summed E-state index contributed by atoms with van der Waals surface area (Å²) in [5, 5.41) is 1.09. The Kier molecular flexibility index (Phi) is 4.00. The number of nitrogens with two attached hydrogens (primary N) is 1. The maximum absolute atomic E-state index is 6.06. The van der Waals surface area contributed by atoms with Crippen molar-refractivity contribution >= 4 is 28.9 Å². The van der Waals surface area contributed by atoms with Crippen molar-refractivity contribution in [2.24, 2.45) is 0 Å². The van der Waals surface area contributed by atoms with E-state index < -0.39 is 0 Å². The van der Waals surface area contributed by atoms with Crippen LogP contribution in [0.15, 0.2) is 42.5 Å². The summed E-state index contributed by atoms with van der Waals surface area (Å²) in [6.07, 6.45) is -0.132. The predicted molar refractivity (Wildman–Crippen MR) is 76.4 cm³/mol. The molecule has 0 aliphatic carbocycles. The number of anilines is 1. The maximum atomic E-state index is 6.06. The van der Waals surface area contributed by atoms with Gasteiger partial charge in [-0.2, -0.15) is 0 Å². The molecule has 0 amide bonds. The Balaban J connectivity index is 2.18. The van der Waals surface area contributed by atoms with E-state index in [4.69, 9.17) is 33.7 Å². The fourth-order valence-electron chi connectivity index (χ4n) is 1.64. The summed E-state index contributed by atoms with van der Waals surface area (Å²) >= 11 is 11.9. The lowest BCUT2D eigenvalue weighted by molar-refractivity contribution is 0.227. The molecule has 94 valence electrons. The van der Waals surface area contributed by atoms with Gasteiger partial charge in [0.25, 0.3) is 0 Å². The Hall–Kier alpha value is -1.38. The molecular formula is C14H13Cl2NO. The fourth-order valence-corrected chi connectivity index (χ4v) is 2.09. The van der Waals surface area contributed by atoms with Gasteiger partial charge >= 0.3 is 0 Å². The van der Waals surface area contributed by atoms with E-state index in [1.807, 2.05) is 31.2 Å². The van der Waals surface area contributed by atoms with E-state index in [-0.39, 0.29) is 6.10 Å². The molecule has 0 bridgehead atoms. The molecule has 0 saturated heterocycles. The molecule has 0 aliphatic heterocycles. The van der Waals surface area contributed by atoms with Crippen molar-refractivity contribution in [2.75, 3.05) is 5.73 Å². The Bertz CT molecular complexity index is 557. The second-order valence-electron chi connectivity index (χ2n) is 4.00. The average Bonchev–Trinajstić information content (AvgIpc) is 2.32. The fraction of sp³-hybridized carbons (Fsp3) is 0.143. The van der Waals surface area contributed by atoms with Gasteiger partial charge in [-0.3, -0.25) is 0 Å². The predicted octanol–water partition coefficient (Wildman–Crippen LogP) is 4.72. The Morgan fingerprint density at radius 1 is 1.11 bits per heavy atom. The molecular weight excluding hydrogens is 269 g/mol. The van der Waals surface area contributed by atoms with Gasteiger partial charge in [-0.05, 0) is 42.8 Å². The van der Waals surface area contributed by atoms with Gasteiger partial charge in [0.05, 0.1) is 5.02 Å². The highest BCUT2D eigenvalue weighted by molar-refractivity contribution is 6.35. The molecule has 4 heteroatoms. The lowest BCUT2D eigenvalue weighted by Crippen LogP contribution is -2.04. The van der Waals surface area contributed by atoms with Crippen LogP contribution in [-0.4, -0.2) is 0 Å². The maximum Gasteiger partial charge on any atom is 0.138 e. The topological polar surface area (TPSA) is 35.2 Å². The van der Waals surface area contributed by atoms with Gasteiger partial charge in [0.2, 0.25) is 0 Å². The van der Waals surface area contributed by atoms with E-state index in [0.29, 0.717) is 21.5 Å². The first-order valence-electron chi connectivity index (χ1n) is 5.53. The minimum absolute atomic E-state index is 0.132. The van der Waals surface area contributed by atoms with E-state index >= 15 is 0 Å². The number of ether oxygens (including phenoxy) is 1. The standard InChI is InChI=1S/C14H13Cl2NO/c1-9(10-3-2-4-12(17)7-10)18-14-6-5-11(15)8-13(14)16/h2-9H,17H2,1H3. The van der Waals surface area contributed by atoms with Crippen LogP contribution >= 0.6 is 23.2 Å². The van der Waals surface area contributed by atoms with Crippen molar-refractivity contribution in [3.63, 3.8) is 0 Å². The number of hydrogen-bond acceptors (Lipinski definition) is 2. The first kappa shape index (κ1) is 13.1. The number of rotatable bonds is 3. The molecule has 18 heavy (non-hydrogen) atoms. The average molecular weight is 282 g/mol. The number of benzene rings is 2. The molecule has 0 heterocycles. The van der Waals surface area contributed by atoms with Gasteiger partial charge in [-0.1, -0.05) is 35.3 Å². The Morgan fingerprint density at radius 2 is 1.89 bits per heavy atom. The minimum atomic E-state index is -0.132.